The number of anilines is 1. The quantitative estimate of drug-likeness (QED) is 0.663. The van der Waals surface area contributed by atoms with Gasteiger partial charge in [-0.3, -0.25) is 9.69 Å². The molecule has 1 fully saturated rings. The van der Waals surface area contributed by atoms with Crippen LogP contribution in [-0.4, -0.2) is 11.7 Å². The molecule has 118 valence electrons. The van der Waals surface area contributed by atoms with Crippen LogP contribution in [0.15, 0.2) is 84.9 Å². The fraction of sp³-hybridized carbons (Fsp3) is 0.0952. The van der Waals surface area contributed by atoms with Gasteiger partial charge in [0.05, 0.1) is 5.75 Å². The summed E-state index contributed by atoms with van der Waals surface area (Å²) in [5, 5.41) is 0.0567. The van der Waals surface area contributed by atoms with E-state index < -0.39 is 0 Å². The molecule has 2 nitrogen and oxygen atoms in total. The summed E-state index contributed by atoms with van der Waals surface area (Å²) in [6.07, 6.45) is 0. The topological polar surface area (TPSA) is 20.3 Å². The van der Waals surface area contributed by atoms with Gasteiger partial charge in [-0.1, -0.05) is 72.8 Å². The number of nitrogens with zero attached hydrogens (tertiary/aromatic N) is 1. The summed E-state index contributed by atoms with van der Waals surface area (Å²) >= 11 is 1.68. The molecule has 3 aromatic rings. The van der Waals surface area contributed by atoms with Gasteiger partial charge in [0.1, 0.15) is 5.37 Å². The molecule has 0 spiro atoms. The molecular weight excluding hydrogens is 314 g/mol. The lowest BCUT2D eigenvalue weighted by Gasteiger charge is -2.24. The molecule has 1 amide bonds. The van der Waals surface area contributed by atoms with Gasteiger partial charge in [-0.25, -0.2) is 0 Å². The fourth-order valence-electron chi connectivity index (χ4n) is 3.01. The lowest BCUT2D eigenvalue weighted by atomic mass is 10.1. The first kappa shape index (κ1) is 15.0. The summed E-state index contributed by atoms with van der Waals surface area (Å²) in [6.45, 7) is 0. The van der Waals surface area contributed by atoms with Crippen LogP contribution >= 0.6 is 11.8 Å². The van der Waals surface area contributed by atoms with Crippen LogP contribution in [0.25, 0.3) is 11.1 Å². The summed E-state index contributed by atoms with van der Waals surface area (Å²) in [5.41, 5.74) is 4.47. The molecule has 24 heavy (non-hydrogen) atoms. The molecule has 4 rings (SSSR count). The number of hydrogen-bond donors (Lipinski definition) is 0. The van der Waals surface area contributed by atoms with Crippen molar-refractivity contribution >= 4 is 23.4 Å². The van der Waals surface area contributed by atoms with E-state index >= 15 is 0 Å². The van der Waals surface area contributed by atoms with E-state index in [-0.39, 0.29) is 11.3 Å². The monoisotopic (exact) mass is 331 g/mol. The average Bonchev–Trinajstić information content (AvgIpc) is 3.05. The van der Waals surface area contributed by atoms with Crippen LogP contribution in [-0.2, 0) is 4.79 Å². The van der Waals surface area contributed by atoms with Crippen LogP contribution in [0, 0.1) is 0 Å². The molecule has 1 unspecified atom stereocenters. The van der Waals surface area contributed by atoms with Crippen molar-refractivity contribution in [2.75, 3.05) is 10.7 Å². The third kappa shape index (κ3) is 2.83. The number of carbonyl (C=O) groups excluding carboxylic acids is 1. The summed E-state index contributed by atoms with van der Waals surface area (Å²) in [5.74, 6) is 0.696. The minimum Gasteiger partial charge on any atom is -0.295 e. The number of carbonyl (C=O) groups is 1. The molecule has 0 saturated carbocycles. The molecule has 1 heterocycles. The smallest absolute Gasteiger partial charge is 0.238 e. The Bertz CT molecular complexity index is 831. The lowest BCUT2D eigenvalue weighted by Crippen LogP contribution is -2.27. The average molecular weight is 331 g/mol. The van der Waals surface area contributed by atoms with Gasteiger partial charge < -0.3 is 0 Å². The standard InChI is InChI=1S/C21H17NOS/c23-20-15-24-21(18-9-5-2-6-10-18)22(20)19-13-11-17(12-14-19)16-7-3-1-4-8-16/h1-14,21H,15H2. The summed E-state index contributed by atoms with van der Waals surface area (Å²) < 4.78 is 0. The maximum Gasteiger partial charge on any atom is 0.238 e. The second kappa shape index (κ2) is 6.54. The minimum absolute atomic E-state index is 0.0567. The Labute approximate surface area is 146 Å². The highest BCUT2D eigenvalue weighted by atomic mass is 32.2. The second-order valence-electron chi connectivity index (χ2n) is 5.75. The van der Waals surface area contributed by atoms with Crippen LogP contribution in [0.5, 0.6) is 0 Å². The predicted molar refractivity (Wildman–Crippen MR) is 101 cm³/mol. The summed E-state index contributed by atoms with van der Waals surface area (Å²) in [6, 6.07) is 28.8. The van der Waals surface area contributed by atoms with Crippen molar-refractivity contribution in [3.05, 3.63) is 90.5 Å². The van der Waals surface area contributed by atoms with E-state index in [0.29, 0.717) is 5.75 Å². The van der Waals surface area contributed by atoms with Crippen molar-refractivity contribution in [3.63, 3.8) is 0 Å². The molecule has 0 aliphatic carbocycles. The normalized spacial score (nSPS) is 17.2. The number of rotatable bonds is 3. The number of hydrogen-bond acceptors (Lipinski definition) is 2. The van der Waals surface area contributed by atoms with Gasteiger partial charge in [0.2, 0.25) is 5.91 Å². The zero-order valence-corrected chi connectivity index (χ0v) is 13.9. The van der Waals surface area contributed by atoms with E-state index in [2.05, 4.69) is 36.4 Å². The van der Waals surface area contributed by atoms with Gasteiger partial charge in [0.25, 0.3) is 0 Å². The first-order valence-corrected chi connectivity index (χ1v) is 9.02. The molecule has 1 aliphatic rings. The Balaban J connectivity index is 1.65. The van der Waals surface area contributed by atoms with Crippen LogP contribution < -0.4 is 4.90 Å². The molecular formula is C21H17NOS. The van der Waals surface area contributed by atoms with Gasteiger partial charge in [-0.05, 0) is 28.8 Å². The van der Waals surface area contributed by atoms with E-state index in [4.69, 9.17) is 0 Å². The molecule has 0 aromatic heterocycles. The number of benzene rings is 3. The first-order valence-electron chi connectivity index (χ1n) is 7.97. The van der Waals surface area contributed by atoms with E-state index in [0.717, 1.165) is 11.3 Å². The zero-order valence-electron chi connectivity index (χ0n) is 13.1. The lowest BCUT2D eigenvalue weighted by molar-refractivity contribution is -0.115. The summed E-state index contributed by atoms with van der Waals surface area (Å²) in [4.78, 5) is 14.3. The SMILES string of the molecule is O=C1CSC(c2ccccc2)N1c1ccc(-c2ccccc2)cc1. The third-order valence-corrected chi connectivity index (χ3v) is 5.42. The van der Waals surface area contributed by atoms with Crippen LogP contribution in [0.1, 0.15) is 10.9 Å². The molecule has 1 saturated heterocycles. The number of amides is 1. The maximum atomic E-state index is 12.4. The molecule has 1 aliphatic heterocycles. The van der Waals surface area contributed by atoms with Crippen molar-refractivity contribution in [2.24, 2.45) is 0 Å². The van der Waals surface area contributed by atoms with Crippen LogP contribution in [0.4, 0.5) is 5.69 Å². The Morgan fingerprint density at radius 2 is 1.33 bits per heavy atom. The highest BCUT2D eigenvalue weighted by Crippen LogP contribution is 2.41. The van der Waals surface area contributed by atoms with E-state index in [9.17, 15) is 4.79 Å². The van der Waals surface area contributed by atoms with Gasteiger partial charge in [-0.2, -0.15) is 0 Å². The predicted octanol–water partition coefficient (Wildman–Crippen LogP) is 5.13. The van der Waals surface area contributed by atoms with Gasteiger partial charge in [0, 0.05) is 5.69 Å². The maximum absolute atomic E-state index is 12.4. The fourth-order valence-corrected chi connectivity index (χ4v) is 4.19. The van der Waals surface area contributed by atoms with E-state index in [1.54, 1.807) is 11.8 Å². The Hall–Kier alpha value is -2.52. The van der Waals surface area contributed by atoms with Crippen molar-refractivity contribution < 1.29 is 4.79 Å². The Morgan fingerprint density at radius 3 is 2.00 bits per heavy atom. The van der Waals surface area contributed by atoms with E-state index in [1.165, 1.54) is 11.1 Å². The van der Waals surface area contributed by atoms with Gasteiger partial charge in [-0.15, -0.1) is 11.8 Å². The van der Waals surface area contributed by atoms with Gasteiger partial charge >= 0.3 is 0 Å². The first-order chi connectivity index (χ1) is 11.8. The minimum atomic E-state index is 0.0567. The molecule has 1 atom stereocenters. The molecule has 3 heteroatoms. The summed E-state index contributed by atoms with van der Waals surface area (Å²) in [7, 11) is 0. The van der Waals surface area contributed by atoms with Crippen molar-refractivity contribution in [3.8, 4) is 11.1 Å². The second-order valence-corrected chi connectivity index (χ2v) is 6.82. The third-order valence-electron chi connectivity index (χ3n) is 4.21. The Morgan fingerprint density at radius 1 is 0.750 bits per heavy atom. The van der Waals surface area contributed by atoms with Crippen molar-refractivity contribution in [1.29, 1.82) is 0 Å². The van der Waals surface area contributed by atoms with E-state index in [1.807, 2.05) is 53.4 Å². The molecule has 0 bridgehead atoms. The molecule has 0 radical (unpaired) electrons. The largest absolute Gasteiger partial charge is 0.295 e. The number of thioether (sulfide) groups is 1. The molecule has 3 aromatic carbocycles. The zero-order chi connectivity index (χ0) is 16.4. The highest BCUT2D eigenvalue weighted by Gasteiger charge is 2.33. The van der Waals surface area contributed by atoms with Crippen molar-refractivity contribution in [1.82, 2.24) is 0 Å². The van der Waals surface area contributed by atoms with Crippen LogP contribution in [0.3, 0.4) is 0 Å². The van der Waals surface area contributed by atoms with Crippen LogP contribution in [0.2, 0.25) is 0 Å². The van der Waals surface area contributed by atoms with Gasteiger partial charge in [0.15, 0.2) is 0 Å². The highest BCUT2D eigenvalue weighted by molar-refractivity contribution is 8.00. The Kier molecular flexibility index (Phi) is 4.09. The molecule has 0 N–H and O–H groups in total. The van der Waals surface area contributed by atoms with Crippen molar-refractivity contribution in [2.45, 2.75) is 5.37 Å².